The molecule has 170 valence electrons. The summed E-state index contributed by atoms with van der Waals surface area (Å²) >= 11 is 0. The van der Waals surface area contributed by atoms with E-state index in [1.807, 2.05) is 23.2 Å². The monoisotopic (exact) mass is 430 g/mol. The number of nitrogens with zero attached hydrogens (tertiary/aromatic N) is 2. The van der Waals surface area contributed by atoms with Crippen LogP contribution in [-0.4, -0.2) is 55.4 Å². The molecule has 3 rings (SSSR count). The molecule has 1 aromatic carbocycles. The third-order valence-corrected chi connectivity index (χ3v) is 6.05. The molecule has 2 aliphatic heterocycles. The number of methoxy groups -OCH3 is 2. The molecule has 8 nitrogen and oxygen atoms in total. The van der Waals surface area contributed by atoms with Crippen LogP contribution in [0.15, 0.2) is 30.0 Å². The first kappa shape index (κ1) is 23.1. The second-order valence-corrected chi connectivity index (χ2v) is 7.94. The molecule has 2 atom stereocenters. The van der Waals surface area contributed by atoms with Gasteiger partial charge < -0.3 is 9.47 Å². The van der Waals surface area contributed by atoms with Crippen LogP contribution in [0.3, 0.4) is 0 Å². The highest BCUT2D eigenvalue weighted by Gasteiger charge is 2.44. The fraction of sp³-hybridized carbons (Fsp3) is 0.565. The average Bonchev–Trinajstić information content (AvgIpc) is 3.35. The van der Waals surface area contributed by atoms with Crippen LogP contribution in [0, 0.1) is 5.92 Å². The molecule has 2 N–H and O–H groups in total. The molecule has 8 heteroatoms. The Morgan fingerprint density at radius 2 is 2.00 bits per heavy atom. The largest absolute Gasteiger partial charge is 0.496 e. The van der Waals surface area contributed by atoms with Gasteiger partial charge >= 0.3 is 6.03 Å². The van der Waals surface area contributed by atoms with Crippen molar-refractivity contribution in [1.82, 2.24) is 20.7 Å². The highest BCUT2D eigenvalue weighted by Crippen LogP contribution is 2.34. The van der Waals surface area contributed by atoms with Gasteiger partial charge in [0.05, 0.1) is 25.9 Å². The molecule has 2 unspecified atom stereocenters. The van der Waals surface area contributed by atoms with E-state index < -0.39 is 11.9 Å². The van der Waals surface area contributed by atoms with E-state index in [0.29, 0.717) is 29.5 Å². The molecule has 2 heterocycles. The quantitative estimate of drug-likeness (QED) is 0.337. The lowest BCUT2D eigenvalue weighted by molar-refractivity contribution is -0.116. The van der Waals surface area contributed by atoms with Crippen LogP contribution >= 0.6 is 0 Å². The third kappa shape index (κ3) is 4.85. The third-order valence-electron chi connectivity index (χ3n) is 6.05. The predicted octanol–water partition coefficient (Wildman–Crippen LogP) is 3.31. The van der Waals surface area contributed by atoms with Crippen molar-refractivity contribution in [3.63, 3.8) is 0 Å². The van der Waals surface area contributed by atoms with Gasteiger partial charge in [0.25, 0.3) is 5.91 Å². The Bertz CT molecular complexity index is 826. The molecule has 0 bridgehead atoms. The first-order valence-electron chi connectivity index (χ1n) is 11.1. The Morgan fingerprint density at radius 1 is 1.23 bits per heavy atom. The number of hydrogen-bond donors (Lipinski definition) is 2. The van der Waals surface area contributed by atoms with Crippen LogP contribution < -0.4 is 15.4 Å². The van der Waals surface area contributed by atoms with Crippen LogP contribution in [-0.2, 0) is 9.53 Å². The average molecular weight is 431 g/mol. The van der Waals surface area contributed by atoms with E-state index in [-0.39, 0.29) is 11.9 Å². The summed E-state index contributed by atoms with van der Waals surface area (Å²) in [5, 5.41) is 9.35. The molecule has 0 aliphatic carbocycles. The van der Waals surface area contributed by atoms with Gasteiger partial charge in [-0.15, -0.1) is 0 Å². The maximum Gasteiger partial charge on any atom is 0.344 e. The lowest BCUT2D eigenvalue weighted by Gasteiger charge is -2.34. The van der Waals surface area contributed by atoms with Gasteiger partial charge in [0.15, 0.2) is 11.5 Å². The minimum atomic E-state index is -0.476. The first-order chi connectivity index (χ1) is 15.0. The van der Waals surface area contributed by atoms with Gasteiger partial charge in [0, 0.05) is 13.1 Å². The molecule has 0 radical (unpaired) electrons. The molecule has 2 saturated heterocycles. The van der Waals surface area contributed by atoms with E-state index >= 15 is 0 Å². The smallest absolute Gasteiger partial charge is 0.344 e. The predicted molar refractivity (Wildman–Crippen MR) is 119 cm³/mol. The zero-order valence-corrected chi connectivity index (χ0v) is 18.9. The van der Waals surface area contributed by atoms with Crippen LogP contribution in [0.25, 0.3) is 5.76 Å². The fourth-order valence-corrected chi connectivity index (χ4v) is 4.37. The Morgan fingerprint density at radius 3 is 2.68 bits per heavy atom. The van der Waals surface area contributed by atoms with Gasteiger partial charge in [0.1, 0.15) is 5.75 Å². The van der Waals surface area contributed by atoms with E-state index in [1.54, 1.807) is 13.2 Å². The van der Waals surface area contributed by atoms with Crippen molar-refractivity contribution in [3.8, 4) is 5.75 Å². The number of benzene rings is 1. The van der Waals surface area contributed by atoms with E-state index in [4.69, 9.17) is 9.47 Å². The second kappa shape index (κ2) is 10.6. The van der Waals surface area contributed by atoms with Crippen molar-refractivity contribution in [2.45, 2.75) is 52.1 Å². The molecular weight excluding hydrogens is 396 g/mol. The number of para-hydroxylation sites is 1. The highest BCUT2D eigenvalue weighted by atomic mass is 16.5. The molecule has 0 spiro atoms. The van der Waals surface area contributed by atoms with E-state index in [1.165, 1.54) is 25.0 Å². The van der Waals surface area contributed by atoms with Crippen LogP contribution in [0.4, 0.5) is 4.79 Å². The van der Waals surface area contributed by atoms with Crippen molar-refractivity contribution >= 4 is 17.7 Å². The SMILES string of the molecule is CCCCC(CC)CC1NCCN1N1C(=O)NC(=O)C1=C(OC)c1ccccc1OC. The summed E-state index contributed by atoms with van der Waals surface area (Å²) in [6.45, 7) is 5.79. The van der Waals surface area contributed by atoms with Gasteiger partial charge in [-0.2, -0.15) is 5.01 Å². The summed E-state index contributed by atoms with van der Waals surface area (Å²) in [6, 6.07) is 6.85. The number of hydrogen-bond acceptors (Lipinski definition) is 6. The Balaban J connectivity index is 1.96. The van der Waals surface area contributed by atoms with E-state index in [9.17, 15) is 9.59 Å². The zero-order chi connectivity index (χ0) is 22.4. The summed E-state index contributed by atoms with van der Waals surface area (Å²) in [5.41, 5.74) is 0.808. The van der Waals surface area contributed by atoms with Crippen molar-refractivity contribution in [2.75, 3.05) is 27.3 Å². The minimum absolute atomic E-state index is 0.0239. The summed E-state index contributed by atoms with van der Waals surface area (Å²) in [5.74, 6) is 0.963. The van der Waals surface area contributed by atoms with Crippen LogP contribution in [0.5, 0.6) is 5.75 Å². The van der Waals surface area contributed by atoms with Crippen molar-refractivity contribution in [1.29, 1.82) is 0 Å². The molecule has 2 aliphatic rings. The van der Waals surface area contributed by atoms with Gasteiger partial charge in [0.2, 0.25) is 0 Å². The highest BCUT2D eigenvalue weighted by molar-refractivity contribution is 6.15. The molecule has 2 fully saturated rings. The number of amides is 3. The summed E-state index contributed by atoms with van der Waals surface area (Å²) < 4.78 is 11.1. The van der Waals surface area contributed by atoms with Gasteiger partial charge in [-0.3, -0.25) is 15.4 Å². The summed E-state index contributed by atoms with van der Waals surface area (Å²) in [7, 11) is 3.07. The Kier molecular flexibility index (Phi) is 7.92. The number of nitrogens with one attached hydrogen (secondary N) is 2. The molecule has 0 aromatic heterocycles. The number of urea groups is 1. The normalized spacial score (nSPS) is 21.9. The fourth-order valence-electron chi connectivity index (χ4n) is 4.37. The van der Waals surface area contributed by atoms with Crippen molar-refractivity contribution in [3.05, 3.63) is 35.5 Å². The molecule has 31 heavy (non-hydrogen) atoms. The van der Waals surface area contributed by atoms with E-state index in [2.05, 4.69) is 24.5 Å². The number of unbranched alkanes of at least 4 members (excludes halogenated alkanes) is 1. The number of imide groups is 1. The first-order valence-corrected chi connectivity index (χ1v) is 11.1. The number of hydrazine groups is 1. The Hall–Kier alpha value is -2.58. The second-order valence-electron chi connectivity index (χ2n) is 7.94. The van der Waals surface area contributed by atoms with Gasteiger partial charge in [-0.05, 0) is 24.5 Å². The molecule has 0 saturated carbocycles. The summed E-state index contributed by atoms with van der Waals surface area (Å²) in [4.78, 5) is 25.7. The van der Waals surface area contributed by atoms with Crippen molar-refractivity contribution in [2.24, 2.45) is 5.92 Å². The molecule has 3 amide bonds. The number of rotatable bonds is 10. The standard InChI is InChI=1S/C23H34N4O4/c1-5-7-10-16(6-2)15-19-24-13-14-26(19)27-20(22(28)25-23(27)29)21(31-4)17-11-8-9-12-18(17)30-3/h8-9,11-12,16,19,24H,5-7,10,13-15H2,1-4H3,(H,25,28,29). The maximum absolute atomic E-state index is 12.9. The van der Waals surface area contributed by atoms with E-state index in [0.717, 1.165) is 25.8 Å². The summed E-state index contributed by atoms with van der Waals surface area (Å²) in [6.07, 6.45) is 5.51. The molecule has 1 aromatic rings. The van der Waals surface area contributed by atoms with Gasteiger partial charge in [-0.25, -0.2) is 9.80 Å². The maximum atomic E-state index is 12.9. The lowest BCUT2D eigenvalue weighted by atomic mass is 9.94. The van der Waals surface area contributed by atoms with Crippen LogP contribution in [0.2, 0.25) is 0 Å². The van der Waals surface area contributed by atoms with Gasteiger partial charge in [-0.1, -0.05) is 51.7 Å². The van der Waals surface area contributed by atoms with Crippen molar-refractivity contribution < 1.29 is 19.1 Å². The lowest BCUT2D eigenvalue weighted by Crippen LogP contribution is -2.49. The molecular formula is C23H34N4O4. The zero-order valence-electron chi connectivity index (χ0n) is 18.9. The topological polar surface area (TPSA) is 83.1 Å². The van der Waals surface area contributed by atoms with Crippen LogP contribution in [0.1, 0.15) is 51.5 Å². The number of carbonyl (C=O) groups is 2. The Labute approximate surface area is 184 Å². The minimum Gasteiger partial charge on any atom is -0.496 e. The number of ether oxygens (including phenoxy) is 2. The number of carbonyl (C=O) groups excluding carboxylic acids is 2.